The summed E-state index contributed by atoms with van der Waals surface area (Å²) in [5, 5.41) is 2.82. The quantitative estimate of drug-likeness (QED) is 0.591. The number of sulfonamides is 1. The molecular weight excluding hydrogens is 352 g/mol. The molecule has 3 rings (SSSR count). The molecule has 1 atom stereocenters. The minimum Gasteiger partial charge on any atom is -0.346 e. The summed E-state index contributed by atoms with van der Waals surface area (Å²) in [6, 6.07) is 15.4. The zero-order chi connectivity index (χ0) is 18.6. The predicted molar refractivity (Wildman–Crippen MR) is 98.9 cm³/mol. The molecule has 1 heterocycles. The molecule has 2 aromatic carbocycles. The van der Waals surface area contributed by atoms with E-state index in [2.05, 4.69) is 20.0 Å². The Morgan fingerprint density at radius 2 is 1.81 bits per heavy atom. The highest BCUT2D eigenvalue weighted by molar-refractivity contribution is 7.89. The number of carbonyl (C=O) groups excluding carboxylic acids is 1. The van der Waals surface area contributed by atoms with E-state index in [9.17, 15) is 13.2 Å². The number of nitrogens with one attached hydrogen (secondary N) is 3. The van der Waals surface area contributed by atoms with Gasteiger partial charge in [0.25, 0.3) is 0 Å². The van der Waals surface area contributed by atoms with E-state index in [0.29, 0.717) is 5.82 Å². The van der Waals surface area contributed by atoms with E-state index in [0.717, 1.165) is 11.0 Å². The van der Waals surface area contributed by atoms with E-state index in [1.807, 2.05) is 31.2 Å². The van der Waals surface area contributed by atoms with Crippen molar-refractivity contribution in [2.45, 2.75) is 24.3 Å². The fraction of sp³-hybridized carbons (Fsp3) is 0.222. The van der Waals surface area contributed by atoms with Crippen molar-refractivity contribution >= 4 is 27.0 Å². The van der Waals surface area contributed by atoms with Gasteiger partial charge in [0.1, 0.15) is 5.82 Å². The zero-order valence-electron chi connectivity index (χ0n) is 14.3. The molecule has 0 aliphatic heterocycles. The first-order chi connectivity index (χ1) is 12.5. The third-order valence-electron chi connectivity index (χ3n) is 3.89. The lowest BCUT2D eigenvalue weighted by Crippen LogP contribution is -2.32. The second-order valence-electron chi connectivity index (χ2n) is 5.89. The molecule has 7 nitrogen and oxygen atoms in total. The van der Waals surface area contributed by atoms with Crippen LogP contribution < -0.4 is 10.0 Å². The Labute approximate surface area is 151 Å². The van der Waals surface area contributed by atoms with E-state index < -0.39 is 10.0 Å². The number of rotatable bonds is 7. The van der Waals surface area contributed by atoms with Crippen molar-refractivity contribution in [3.8, 4) is 0 Å². The number of fused-ring (bicyclic) bond motifs is 1. The highest BCUT2D eigenvalue weighted by Gasteiger charge is 2.16. The Bertz CT molecular complexity index is 966. The van der Waals surface area contributed by atoms with Crippen LogP contribution >= 0.6 is 0 Å². The molecule has 3 N–H and O–H groups in total. The number of aromatic nitrogens is 2. The highest BCUT2D eigenvalue weighted by Crippen LogP contribution is 2.15. The summed E-state index contributed by atoms with van der Waals surface area (Å²) >= 11 is 0. The number of carbonyl (C=O) groups is 1. The third-order valence-corrected chi connectivity index (χ3v) is 5.37. The number of imidazole rings is 1. The molecule has 0 bridgehead atoms. The molecular formula is C18H20N4O3S. The normalized spacial score (nSPS) is 12.8. The second-order valence-corrected chi connectivity index (χ2v) is 7.66. The predicted octanol–water partition coefficient (Wildman–Crippen LogP) is 2.11. The topological polar surface area (TPSA) is 104 Å². The molecule has 0 aliphatic carbocycles. The SMILES string of the molecule is C[C@H](NC(=O)CCNS(=O)(=O)c1ccccc1)c1nc2ccccc2[nH]1. The van der Waals surface area contributed by atoms with Gasteiger partial charge in [-0.25, -0.2) is 18.1 Å². The molecule has 0 unspecified atom stereocenters. The summed E-state index contributed by atoms with van der Waals surface area (Å²) < 4.78 is 26.6. The highest BCUT2D eigenvalue weighted by atomic mass is 32.2. The van der Waals surface area contributed by atoms with Crippen LogP contribution in [-0.2, 0) is 14.8 Å². The standard InChI is InChI=1S/C18H20N4O3S/c1-13(18-21-15-9-5-6-10-16(15)22-18)20-17(23)11-12-19-26(24,25)14-7-3-2-4-8-14/h2-10,13,19H,11-12H2,1H3,(H,20,23)(H,21,22)/t13-/m0/s1. The number of aromatic amines is 1. The maximum atomic E-state index is 12.1. The molecule has 1 amide bonds. The van der Waals surface area contributed by atoms with Gasteiger partial charge in [-0.15, -0.1) is 0 Å². The van der Waals surface area contributed by atoms with Crippen molar-refractivity contribution in [1.82, 2.24) is 20.0 Å². The molecule has 0 saturated heterocycles. The number of hydrogen-bond acceptors (Lipinski definition) is 4. The van der Waals surface area contributed by atoms with E-state index in [1.54, 1.807) is 18.2 Å². The average Bonchev–Trinajstić information content (AvgIpc) is 3.06. The van der Waals surface area contributed by atoms with E-state index in [-0.39, 0.29) is 29.8 Å². The fourth-order valence-electron chi connectivity index (χ4n) is 2.54. The molecule has 0 radical (unpaired) electrons. The lowest BCUT2D eigenvalue weighted by atomic mass is 10.3. The second kappa shape index (κ2) is 7.67. The van der Waals surface area contributed by atoms with Gasteiger partial charge >= 0.3 is 0 Å². The number of hydrogen-bond donors (Lipinski definition) is 3. The number of benzene rings is 2. The van der Waals surface area contributed by atoms with Crippen LogP contribution in [0.3, 0.4) is 0 Å². The van der Waals surface area contributed by atoms with Gasteiger partial charge in [0.2, 0.25) is 15.9 Å². The van der Waals surface area contributed by atoms with Crippen LogP contribution in [0, 0.1) is 0 Å². The Hall–Kier alpha value is -2.71. The maximum Gasteiger partial charge on any atom is 0.240 e. The van der Waals surface area contributed by atoms with Gasteiger partial charge in [0.05, 0.1) is 22.0 Å². The van der Waals surface area contributed by atoms with Crippen LogP contribution in [0.2, 0.25) is 0 Å². The monoisotopic (exact) mass is 372 g/mol. The lowest BCUT2D eigenvalue weighted by Gasteiger charge is -2.12. The minimum absolute atomic E-state index is 0.0237. The van der Waals surface area contributed by atoms with Crippen LogP contribution in [0.25, 0.3) is 11.0 Å². The summed E-state index contributed by atoms with van der Waals surface area (Å²) in [6.45, 7) is 1.85. The van der Waals surface area contributed by atoms with Crippen molar-refractivity contribution in [1.29, 1.82) is 0 Å². The van der Waals surface area contributed by atoms with Gasteiger partial charge in [-0.1, -0.05) is 30.3 Å². The molecule has 0 aliphatic rings. The van der Waals surface area contributed by atoms with Crippen molar-refractivity contribution in [3.05, 3.63) is 60.4 Å². The van der Waals surface area contributed by atoms with E-state index in [4.69, 9.17) is 0 Å². The summed E-state index contributed by atoms with van der Waals surface area (Å²) in [5.74, 6) is 0.401. The molecule has 3 aromatic rings. The molecule has 8 heteroatoms. The summed E-state index contributed by atoms with van der Waals surface area (Å²) in [7, 11) is -3.60. The van der Waals surface area contributed by atoms with Gasteiger partial charge in [0, 0.05) is 13.0 Å². The smallest absolute Gasteiger partial charge is 0.240 e. The molecule has 0 saturated carbocycles. The van der Waals surface area contributed by atoms with Crippen LogP contribution in [-0.4, -0.2) is 30.8 Å². The summed E-state index contributed by atoms with van der Waals surface area (Å²) in [4.78, 5) is 19.9. The van der Waals surface area contributed by atoms with E-state index >= 15 is 0 Å². The summed E-state index contributed by atoms with van der Waals surface area (Å²) in [6.07, 6.45) is 0.0383. The Balaban J connectivity index is 1.52. The van der Waals surface area contributed by atoms with E-state index in [1.165, 1.54) is 12.1 Å². The maximum absolute atomic E-state index is 12.1. The molecule has 136 valence electrons. The number of H-pyrrole nitrogens is 1. The molecule has 26 heavy (non-hydrogen) atoms. The van der Waals surface area contributed by atoms with Gasteiger partial charge in [-0.2, -0.15) is 0 Å². The van der Waals surface area contributed by atoms with Gasteiger partial charge in [-0.3, -0.25) is 4.79 Å². The first-order valence-electron chi connectivity index (χ1n) is 8.24. The summed E-state index contributed by atoms with van der Waals surface area (Å²) in [5.41, 5.74) is 1.73. The van der Waals surface area contributed by atoms with Crippen LogP contribution in [0.1, 0.15) is 25.2 Å². The number of nitrogens with zero attached hydrogens (tertiary/aromatic N) is 1. The first kappa shape index (κ1) is 18.1. The Morgan fingerprint density at radius 3 is 2.54 bits per heavy atom. The lowest BCUT2D eigenvalue weighted by molar-refractivity contribution is -0.121. The molecule has 0 fully saturated rings. The zero-order valence-corrected chi connectivity index (χ0v) is 15.1. The van der Waals surface area contributed by atoms with Crippen LogP contribution in [0.4, 0.5) is 0 Å². The van der Waals surface area contributed by atoms with Gasteiger partial charge in [-0.05, 0) is 31.2 Å². The van der Waals surface area contributed by atoms with Crippen molar-refractivity contribution in [2.75, 3.05) is 6.54 Å². The van der Waals surface area contributed by atoms with Crippen molar-refractivity contribution in [2.24, 2.45) is 0 Å². The molecule has 0 spiro atoms. The van der Waals surface area contributed by atoms with Crippen LogP contribution in [0.15, 0.2) is 59.5 Å². The number of para-hydroxylation sites is 2. The van der Waals surface area contributed by atoms with Gasteiger partial charge < -0.3 is 10.3 Å². The minimum atomic E-state index is -3.60. The number of amides is 1. The third kappa shape index (κ3) is 4.27. The van der Waals surface area contributed by atoms with Crippen molar-refractivity contribution < 1.29 is 13.2 Å². The van der Waals surface area contributed by atoms with Crippen molar-refractivity contribution in [3.63, 3.8) is 0 Å². The Morgan fingerprint density at radius 1 is 1.12 bits per heavy atom. The van der Waals surface area contributed by atoms with Crippen LogP contribution in [0.5, 0.6) is 0 Å². The van der Waals surface area contributed by atoms with Gasteiger partial charge in [0.15, 0.2) is 0 Å². The average molecular weight is 372 g/mol. The fourth-order valence-corrected chi connectivity index (χ4v) is 3.59. The molecule has 1 aromatic heterocycles. The Kier molecular flexibility index (Phi) is 5.34. The first-order valence-corrected chi connectivity index (χ1v) is 9.73. The largest absolute Gasteiger partial charge is 0.346 e.